The molecule has 1 aliphatic heterocycles. The van der Waals surface area contributed by atoms with E-state index in [4.69, 9.17) is 4.74 Å². The molecule has 1 aromatic heterocycles. The van der Waals surface area contributed by atoms with Crippen LogP contribution in [-0.2, 0) is 11.3 Å². The number of anilines is 1. The van der Waals surface area contributed by atoms with Crippen LogP contribution >= 0.6 is 11.3 Å². The summed E-state index contributed by atoms with van der Waals surface area (Å²) in [5.74, 6) is 0. The summed E-state index contributed by atoms with van der Waals surface area (Å²) in [5.41, 5.74) is 1.13. The van der Waals surface area contributed by atoms with Crippen LogP contribution in [0.3, 0.4) is 0 Å². The Morgan fingerprint density at radius 2 is 2.39 bits per heavy atom. The largest absolute Gasteiger partial charge is 0.376 e. The van der Waals surface area contributed by atoms with Crippen molar-refractivity contribution in [1.82, 2.24) is 10.3 Å². The average Bonchev–Trinajstić information content (AvgIpc) is 2.94. The molecule has 0 radical (unpaired) electrons. The van der Waals surface area contributed by atoms with Crippen LogP contribution < -0.4 is 10.2 Å². The Balaban J connectivity index is 1.96. The number of ether oxygens (including phenoxy) is 1. The highest BCUT2D eigenvalue weighted by Crippen LogP contribution is 2.26. The summed E-state index contributed by atoms with van der Waals surface area (Å²) in [6, 6.07) is 0.957. The molecule has 1 aromatic rings. The molecule has 2 heterocycles. The lowest BCUT2D eigenvalue weighted by Gasteiger charge is -2.26. The van der Waals surface area contributed by atoms with Gasteiger partial charge in [-0.2, -0.15) is 0 Å². The van der Waals surface area contributed by atoms with Gasteiger partial charge in [0.2, 0.25) is 0 Å². The summed E-state index contributed by atoms with van der Waals surface area (Å²) in [5, 5.41) is 6.63. The predicted molar refractivity (Wildman–Crippen MR) is 76.3 cm³/mol. The number of nitrogens with one attached hydrogen (secondary N) is 1. The van der Waals surface area contributed by atoms with Crippen molar-refractivity contribution >= 4 is 16.5 Å². The van der Waals surface area contributed by atoms with Crippen LogP contribution in [0, 0.1) is 0 Å². The van der Waals surface area contributed by atoms with Crippen LogP contribution in [0.15, 0.2) is 5.38 Å². The van der Waals surface area contributed by atoms with Gasteiger partial charge in [0.25, 0.3) is 0 Å². The first kappa shape index (κ1) is 13.8. The Hall–Kier alpha value is -0.650. The smallest absolute Gasteiger partial charge is 0.185 e. The quantitative estimate of drug-likeness (QED) is 0.889. The SMILES string of the molecule is CC(C)NCc1csc(N(C)C2CCOC2C)n1. The molecule has 0 saturated carbocycles. The molecule has 0 aromatic carbocycles. The number of rotatable bonds is 5. The maximum atomic E-state index is 5.62. The number of thiazole rings is 1. The second-order valence-electron chi connectivity index (χ2n) is 5.20. The Morgan fingerprint density at radius 1 is 1.61 bits per heavy atom. The van der Waals surface area contributed by atoms with Crippen molar-refractivity contribution in [3.63, 3.8) is 0 Å². The Kier molecular flexibility index (Phi) is 4.59. The number of aromatic nitrogens is 1. The summed E-state index contributed by atoms with van der Waals surface area (Å²) in [7, 11) is 2.12. The lowest BCUT2D eigenvalue weighted by molar-refractivity contribution is 0.118. The van der Waals surface area contributed by atoms with Gasteiger partial charge in [0, 0.05) is 31.6 Å². The first-order valence-corrected chi connectivity index (χ1v) is 7.48. The first-order valence-electron chi connectivity index (χ1n) is 6.60. The molecule has 1 fully saturated rings. The fourth-order valence-corrected chi connectivity index (χ4v) is 3.07. The zero-order valence-electron chi connectivity index (χ0n) is 11.6. The van der Waals surface area contributed by atoms with E-state index >= 15 is 0 Å². The van der Waals surface area contributed by atoms with Crippen molar-refractivity contribution < 1.29 is 4.74 Å². The molecule has 4 nitrogen and oxygen atoms in total. The molecule has 0 bridgehead atoms. The molecule has 1 aliphatic rings. The van der Waals surface area contributed by atoms with E-state index in [9.17, 15) is 0 Å². The molecule has 0 aliphatic carbocycles. The van der Waals surface area contributed by atoms with Gasteiger partial charge in [-0.15, -0.1) is 11.3 Å². The van der Waals surface area contributed by atoms with Gasteiger partial charge in [-0.05, 0) is 13.3 Å². The van der Waals surface area contributed by atoms with Crippen molar-refractivity contribution in [1.29, 1.82) is 0 Å². The summed E-state index contributed by atoms with van der Waals surface area (Å²) in [6.45, 7) is 8.15. The predicted octanol–water partition coefficient (Wildman–Crippen LogP) is 2.25. The van der Waals surface area contributed by atoms with Crippen LogP contribution in [0.1, 0.15) is 32.9 Å². The lowest BCUT2D eigenvalue weighted by Crippen LogP contribution is -2.36. The first-order chi connectivity index (χ1) is 8.58. The molecule has 1 saturated heterocycles. The molecule has 0 spiro atoms. The molecular formula is C13H23N3OS. The summed E-state index contributed by atoms with van der Waals surface area (Å²) in [4.78, 5) is 6.95. The maximum Gasteiger partial charge on any atom is 0.185 e. The molecule has 2 rings (SSSR count). The monoisotopic (exact) mass is 269 g/mol. The highest BCUT2D eigenvalue weighted by molar-refractivity contribution is 7.13. The van der Waals surface area contributed by atoms with Gasteiger partial charge < -0.3 is 15.0 Å². The van der Waals surface area contributed by atoms with Gasteiger partial charge >= 0.3 is 0 Å². The number of likely N-dealkylation sites (N-methyl/N-ethyl adjacent to an activating group) is 1. The molecule has 0 amide bonds. The van der Waals surface area contributed by atoms with Crippen LogP contribution in [0.4, 0.5) is 5.13 Å². The summed E-state index contributed by atoms with van der Waals surface area (Å²) in [6.07, 6.45) is 1.40. The van der Waals surface area contributed by atoms with E-state index < -0.39 is 0 Å². The standard InChI is InChI=1S/C13H23N3OS/c1-9(2)14-7-11-8-18-13(15-11)16(4)12-5-6-17-10(12)3/h8-10,12,14H,5-7H2,1-4H3. The second kappa shape index (κ2) is 5.99. The van der Waals surface area contributed by atoms with Crippen LogP contribution in [0.25, 0.3) is 0 Å². The van der Waals surface area contributed by atoms with Crippen LogP contribution in [0.2, 0.25) is 0 Å². The minimum atomic E-state index is 0.302. The second-order valence-corrected chi connectivity index (χ2v) is 6.04. The third-order valence-electron chi connectivity index (χ3n) is 3.37. The van der Waals surface area contributed by atoms with E-state index in [2.05, 4.69) is 48.4 Å². The zero-order valence-corrected chi connectivity index (χ0v) is 12.5. The molecular weight excluding hydrogens is 246 g/mol. The highest BCUT2D eigenvalue weighted by atomic mass is 32.1. The lowest BCUT2D eigenvalue weighted by atomic mass is 10.1. The summed E-state index contributed by atoms with van der Waals surface area (Å²) < 4.78 is 5.62. The Bertz CT molecular complexity index is 380. The molecule has 18 heavy (non-hydrogen) atoms. The molecule has 102 valence electrons. The topological polar surface area (TPSA) is 37.4 Å². The summed E-state index contributed by atoms with van der Waals surface area (Å²) >= 11 is 1.72. The zero-order chi connectivity index (χ0) is 13.1. The van der Waals surface area contributed by atoms with Gasteiger partial charge in [0.15, 0.2) is 5.13 Å². The van der Waals surface area contributed by atoms with Gasteiger partial charge in [-0.3, -0.25) is 0 Å². The number of hydrogen-bond acceptors (Lipinski definition) is 5. The van der Waals surface area contributed by atoms with Crippen molar-refractivity contribution in [2.24, 2.45) is 0 Å². The molecule has 2 atom stereocenters. The van der Waals surface area contributed by atoms with Gasteiger partial charge in [0.05, 0.1) is 17.8 Å². The van der Waals surface area contributed by atoms with Crippen molar-refractivity contribution in [3.05, 3.63) is 11.1 Å². The van der Waals surface area contributed by atoms with Crippen molar-refractivity contribution in [2.45, 2.75) is 51.9 Å². The van der Waals surface area contributed by atoms with Gasteiger partial charge in [0.1, 0.15) is 0 Å². The minimum Gasteiger partial charge on any atom is -0.376 e. The highest BCUT2D eigenvalue weighted by Gasteiger charge is 2.29. The molecule has 5 heteroatoms. The van der Waals surface area contributed by atoms with Gasteiger partial charge in [-0.1, -0.05) is 13.8 Å². The van der Waals surface area contributed by atoms with E-state index in [1.165, 1.54) is 0 Å². The minimum absolute atomic E-state index is 0.302. The maximum absolute atomic E-state index is 5.62. The Morgan fingerprint density at radius 3 is 3.00 bits per heavy atom. The van der Waals surface area contributed by atoms with E-state index in [-0.39, 0.29) is 0 Å². The normalized spacial score (nSPS) is 23.8. The number of hydrogen-bond donors (Lipinski definition) is 1. The van der Waals surface area contributed by atoms with E-state index in [0.717, 1.165) is 30.4 Å². The number of nitrogens with zero attached hydrogens (tertiary/aromatic N) is 2. The fraction of sp³-hybridized carbons (Fsp3) is 0.769. The van der Waals surface area contributed by atoms with E-state index in [1.807, 2.05) is 0 Å². The van der Waals surface area contributed by atoms with Crippen molar-refractivity contribution in [3.8, 4) is 0 Å². The van der Waals surface area contributed by atoms with E-state index in [0.29, 0.717) is 18.2 Å². The van der Waals surface area contributed by atoms with Crippen molar-refractivity contribution in [2.75, 3.05) is 18.6 Å². The van der Waals surface area contributed by atoms with Crippen LogP contribution in [-0.4, -0.2) is 36.8 Å². The Labute approximate surface area is 113 Å². The van der Waals surface area contributed by atoms with Crippen LogP contribution in [0.5, 0.6) is 0 Å². The third kappa shape index (κ3) is 3.22. The molecule has 1 N–H and O–H groups in total. The third-order valence-corrected chi connectivity index (χ3v) is 4.35. The average molecular weight is 269 g/mol. The fourth-order valence-electron chi connectivity index (χ4n) is 2.22. The molecule has 2 unspecified atom stereocenters. The van der Waals surface area contributed by atoms with Gasteiger partial charge in [-0.25, -0.2) is 4.98 Å². The van der Waals surface area contributed by atoms with E-state index in [1.54, 1.807) is 11.3 Å².